The van der Waals surface area contributed by atoms with Gasteiger partial charge in [-0.2, -0.15) is 0 Å². The number of aromatic nitrogens is 2. The van der Waals surface area contributed by atoms with Gasteiger partial charge in [-0.3, -0.25) is 0 Å². The first-order chi connectivity index (χ1) is 9.01. The summed E-state index contributed by atoms with van der Waals surface area (Å²) in [4.78, 5) is 6.77. The van der Waals surface area contributed by atoms with Crippen LogP contribution >= 0.6 is 15.9 Å². The highest BCUT2D eigenvalue weighted by atomic mass is 79.9. The third kappa shape index (κ3) is 3.65. The van der Waals surface area contributed by atoms with E-state index < -0.39 is 10.0 Å². The fourth-order valence-corrected chi connectivity index (χ4v) is 2.97. The fourth-order valence-electron chi connectivity index (χ4n) is 1.56. The van der Waals surface area contributed by atoms with E-state index in [1.54, 1.807) is 0 Å². The van der Waals surface area contributed by atoms with Gasteiger partial charge in [-0.25, -0.2) is 18.1 Å². The van der Waals surface area contributed by atoms with Crippen molar-refractivity contribution in [3.05, 3.63) is 46.3 Å². The van der Waals surface area contributed by atoms with E-state index >= 15 is 0 Å². The van der Waals surface area contributed by atoms with Crippen molar-refractivity contribution in [1.29, 1.82) is 0 Å². The molecule has 2 aromatic rings. The molecule has 1 aromatic heterocycles. The molecule has 0 fully saturated rings. The lowest BCUT2D eigenvalue weighted by atomic mass is 10.2. The van der Waals surface area contributed by atoms with Gasteiger partial charge in [-0.1, -0.05) is 35.0 Å². The maximum absolute atomic E-state index is 12.0. The maximum Gasteiger partial charge on any atom is 0.257 e. The Bertz CT molecular complexity index is 667. The van der Waals surface area contributed by atoms with Crippen molar-refractivity contribution in [3.8, 4) is 0 Å². The topological polar surface area (TPSA) is 74.8 Å². The molecule has 0 saturated carbocycles. The predicted octanol–water partition coefficient (Wildman–Crippen LogP) is 2.21. The van der Waals surface area contributed by atoms with Gasteiger partial charge in [0.05, 0.1) is 6.20 Å². The largest absolute Gasteiger partial charge is 0.332 e. The second kappa shape index (κ2) is 5.85. The van der Waals surface area contributed by atoms with Crippen LogP contribution in [-0.2, 0) is 23.0 Å². The minimum absolute atomic E-state index is 0.0966. The van der Waals surface area contributed by atoms with Gasteiger partial charge in [0.25, 0.3) is 10.0 Å². The highest BCUT2D eigenvalue weighted by Crippen LogP contribution is 2.12. The summed E-state index contributed by atoms with van der Waals surface area (Å²) in [6, 6.07) is 7.48. The maximum atomic E-state index is 12.0. The number of sulfonamides is 1. The number of hydrogen-bond acceptors (Lipinski definition) is 3. The van der Waals surface area contributed by atoms with E-state index in [2.05, 4.69) is 30.6 Å². The monoisotopic (exact) mass is 343 g/mol. The first-order valence-electron chi connectivity index (χ1n) is 5.79. The highest BCUT2D eigenvalue weighted by molar-refractivity contribution is 9.10. The molecule has 0 saturated heterocycles. The zero-order valence-corrected chi connectivity index (χ0v) is 12.8. The van der Waals surface area contributed by atoms with Crippen molar-refractivity contribution in [2.24, 2.45) is 0 Å². The van der Waals surface area contributed by atoms with Gasteiger partial charge in [0, 0.05) is 17.4 Å². The van der Waals surface area contributed by atoms with Crippen LogP contribution in [0, 0.1) is 0 Å². The van der Waals surface area contributed by atoms with Crippen LogP contribution in [0.15, 0.2) is 40.0 Å². The summed E-state index contributed by atoms with van der Waals surface area (Å²) in [5.74, 6) is 0.655. The first-order valence-corrected chi connectivity index (χ1v) is 8.07. The van der Waals surface area contributed by atoms with E-state index in [1.807, 2.05) is 31.2 Å². The number of nitrogens with one attached hydrogen (secondary N) is 2. The minimum Gasteiger partial charge on any atom is -0.332 e. The molecule has 19 heavy (non-hydrogen) atoms. The molecule has 0 radical (unpaired) electrons. The smallest absolute Gasteiger partial charge is 0.257 e. The second-order valence-electron chi connectivity index (χ2n) is 4.00. The van der Waals surface area contributed by atoms with Crippen LogP contribution in [-0.4, -0.2) is 18.4 Å². The van der Waals surface area contributed by atoms with Crippen LogP contribution in [0.1, 0.15) is 18.3 Å². The standard InChI is InChI=1S/C12H14BrN3O2S/c1-2-11-14-8-12(16-11)19(17,18)15-7-9-4-3-5-10(13)6-9/h3-6,8,15H,2,7H2,1H3,(H,14,16). The molecule has 7 heteroatoms. The normalized spacial score (nSPS) is 11.7. The van der Waals surface area contributed by atoms with Crippen LogP contribution < -0.4 is 4.72 Å². The van der Waals surface area contributed by atoms with Gasteiger partial charge in [0.15, 0.2) is 5.03 Å². The fraction of sp³-hybridized carbons (Fsp3) is 0.250. The molecule has 0 spiro atoms. The van der Waals surface area contributed by atoms with E-state index in [0.29, 0.717) is 12.2 Å². The predicted molar refractivity (Wildman–Crippen MR) is 76.1 cm³/mol. The lowest BCUT2D eigenvalue weighted by Crippen LogP contribution is -2.23. The molecule has 0 atom stereocenters. The Hall–Kier alpha value is -1.18. The SMILES string of the molecule is CCc1ncc(S(=O)(=O)NCc2cccc(Br)c2)[nH]1. The molecular weight excluding hydrogens is 330 g/mol. The molecule has 102 valence electrons. The Morgan fingerprint density at radius 1 is 1.42 bits per heavy atom. The summed E-state index contributed by atoms with van der Waals surface area (Å²) in [6.07, 6.45) is 2.00. The van der Waals surface area contributed by atoms with Crippen LogP contribution in [0.2, 0.25) is 0 Å². The van der Waals surface area contributed by atoms with Crippen molar-refractivity contribution < 1.29 is 8.42 Å². The number of benzene rings is 1. The van der Waals surface area contributed by atoms with E-state index in [-0.39, 0.29) is 11.6 Å². The average molecular weight is 344 g/mol. The van der Waals surface area contributed by atoms with E-state index in [1.165, 1.54) is 6.20 Å². The Labute approximate surface area is 120 Å². The van der Waals surface area contributed by atoms with Crippen LogP contribution in [0.25, 0.3) is 0 Å². The summed E-state index contributed by atoms with van der Waals surface area (Å²) in [7, 11) is -3.54. The quantitative estimate of drug-likeness (QED) is 0.873. The van der Waals surface area contributed by atoms with E-state index in [9.17, 15) is 8.42 Å². The number of hydrogen-bond donors (Lipinski definition) is 2. The highest BCUT2D eigenvalue weighted by Gasteiger charge is 2.16. The van der Waals surface area contributed by atoms with Gasteiger partial charge >= 0.3 is 0 Å². The summed E-state index contributed by atoms with van der Waals surface area (Å²) in [6.45, 7) is 2.15. The van der Waals surface area contributed by atoms with E-state index in [4.69, 9.17) is 0 Å². The lowest BCUT2D eigenvalue weighted by Gasteiger charge is -2.05. The Morgan fingerprint density at radius 2 is 2.21 bits per heavy atom. The number of imidazole rings is 1. The Morgan fingerprint density at radius 3 is 2.84 bits per heavy atom. The summed E-state index contributed by atoms with van der Waals surface area (Å²) in [5, 5.41) is 0.0966. The first kappa shape index (κ1) is 14.2. The molecule has 0 bridgehead atoms. The van der Waals surface area contributed by atoms with Crippen molar-refractivity contribution in [2.75, 3.05) is 0 Å². The summed E-state index contributed by atoms with van der Waals surface area (Å²) >= 11 is 3.35. The van der Waals surface area contributed by atoms with Crippen LogP contribution in [0.4, 0.5) is 0 Å². The molecule has 2 rings (SSSR count). The van der Waals surface area contributed by atoms with Crippen LogP contribution in [0.3, 0.4) is 0 Å². The zero-order chi connectivity index (χ0) is 13.9. The Balaban J connectivity index is 2.09. The van der Waals surface area contributed by atoms with Crippen LogP contribution in [0.5, 0.6) is 0 Å². The lowest BCUT2D eigenvalue weighted by molar-refractivity contribution is 0.578. The van der Waals surface area contributed by atoms with Gasteiger partial charge in [-0.15, -0.1) is 0 Å². The van der Waals surface area contributed by atoms with Crippen molar-refractivity contribution in [1.82, 2.24) is 14.7 Å². The molecule has 0 aliphatic rings. The molecule has 1 heterocycles. The zero-order valence-electron chi connectivity index (χ0n) is 10.4. The number of aryl methyl sites for hydroxylation is 1. The molecule has 5 nitrogen and oxygen atoms in total. The molecule has 0 aliphatic carbocycles. The van der Waals surface area contributed by atoms with Gasteiger partial charge < -0.3 is 4.98 Å². The number of rotatable bonds is 5. The number of nitrogens with zero attached hydrogens (tertiary/aromatic N) is 1. The third-order valence-corrected chi connectivity index (χ3v) is 4.39. The third-order valence-electron chi connectivity index (χ3n) is 2.58. The molecule has 0 unspecified atom stereocenters. The Kier molecular flexibility index (Phi) is 4.38. The van der Waals surface area contributed by atoms with Crippen molar-refractivity contribution in [3.63, 3.8) is 0 Å². The number of aromatic amines is 1. The van der Waals surface area contributed by atoms with Gasteiger partial charge in [-0.05, 0) is 17.7 Å². The molecular formula is C12H14BrN3O2S. The van der Waals surface area contributed by atoms with Gasteiger partial charge in [0.2, 0.25) is 0 Å². The minimum atomic E-state index is -3.54. The second-order valence-corrected chi connectivity index (χ2v) is 6.65. The summed E-state index contributed by atoms with van der Waals surface area (Å²) < 4.78 is 27.5. The van der Waals surface area contributed by atoms with Crippen molar-refractivity contribution >= 4 is 26.0 Å². The molecule has 1 aromatic carbocycles. The molecule has 0 aliphatic heterocycles. The van der Waals surface area contributed by atoms with E-state index in [0.717, 1.165) is 10.0 Å². The molecule has 2 N–H and O–H groups in total. The molecule has 0 amide bonds. The van der Waals surface area contributed by atoms with Gasteiger partial charge in [0.1, 0.15) is 5.82 Å². The summed E-state index contributed by atoms with van der Waals surface area (Å²) in [5.41, 5.74) is 0.883. The average Bonchev–Trinajstić information content (AvgIpc) is 2.86. The van der Waals surface area contributed by atoms with Crippen molar-refractivity contribution in [2.45, 2.75) is 24.9 Å². The number of H-pyrrole nitrogens is 1. The number of halogens is 1.